The van der Waals surface area contributed by atoms with Crippen LogP contribution in [0.15, 0.2) is 28.6 Å². The van der Waals surface area contributed by atoms with E-state index in [1.165, 1.54) is 12.6 Å². The summed E-state index contributed by atoms with van der Waals surface area (Å²) in [4.78, 5) is 17.9. The molecule has 1 aliphatic carbocycles. The van der Waals surface area contributed by atoms with Crippen molar-refractivity contribution in [3.63, 3.8) is 0 Å². The average Bonchev–Trinajstić information content (AvgIpc) is 3.54. The lowest BCUT2D eigenvalue weighted by Gasteiger charge is -2.32. The minimum atomic E-state index is -4.15. The molecule has 2 aromatic rings. The predicted octanol–water partition coefficient (Wildman–Crippen LogP) is 7.13. The Kier molecular flexibility index (Phi) is 9.65. The number of carbonyl (C=O) groups excluding carboxylic acids is 1. The molecule has 12 heteroatoms. The molecule has 0 radical (unpaired) electrons. The van der Waals surface area contributed by atoms with E-state index in [9.17, 15) is 17.6 Å². The molecule has 1 saturated carbocycles. The summed E-state index contributed by atoms with van der Waals surface area (Å²) in [6, 6.07) is 2.52. The number of halogens is 2. The van der Waals surface area contributed by atoms with Gasteiger partial charge in [-0.1, -0.05) is 24.4 Å². The van der Waals surface area contributed by atoms with Crippen molar-refractivity contribution in [3.8, 4) is 0 Å². The molecule has 1 aromatic carbocycles. The second-order valence-corrected chi connectivity index (χ2v) is 14.5. The monoisotopic (exact) mass is 600 g/mol. The van der Waals surface area contributed by atoms with E-state index < -0.39 is 26.3 Å². The van der Waals surface area contributed by atoms with E-state index in [-0.39, 0.29) is 22.3 Å². The highest BCUT2D eigenvalue weighted by molar-refractivity contribution is 7.93. The number of aromatic nitrogens is 1. The quantitative estimate of drug-likeness (QED) is 0.317. The van der Waals surface area contributed by atoms with Crippen molar-refractivity contribution in [2.75, 3.05) is 23.1 Å². The molecule has 2 fully saturated rings. The van der Waals surface area contributed by atoms with E-state index >= 15 is 0 Å². The number of rotatable bonds is 9. The van der Waals surface area contributed by atoms with Crippen molar-refractivity contribution in [2.24, 2.45) is 11.8 Å². The van der Waals surface area contributed by atoms with Crippen LogP contribution in [0.2, 0.25) is 5.02 Å². The van der Waals surface area contributed by atoms with E-state index in [4.69, 9.17) is 16.3 Å². The zero-order chi connectivity index (χ0) is 28.2. The van der Waals surface area contributed by atoms with Gasteiger partial charge >= 0.3 is 6.09 Å². The van der Waals surface area contributed by atoms with Gasteiger partial charge in [-0.15, -0.1) is 11.3 Å². The summed E-state index contributed by atoms with van der Waals surface area (Å²) in [6.07, 6.45) is 9.74. The van der Waals surface area contributed by atoms with Crippen molar-refractivity contribution in [1.29, 1.82) is 0 Å². The standard InChI is InChI=1S/C27H38ClFN4O4S2/c1-27(2,3)37-26(34)33-12-5-8-20(33)10-9-18-6-4-7-19(14-18)17-31-23-16-22(29)24(15-21(23)28)39(35,36)32-25-30-11-13-38-25/h11,13,15-16,18-20,31H,4-10,12,14,17H2,1-3H3,(H,30,32)/t18?,19?,20-/m0/s1. The van der Waals surface area contributed by atoms with Crippen molar-refractivity contribution >= 4 is 49.9 Å². The van der Waals surface area contributed by atoms with Crippen LogP contribution >= 0.6 is 22.9 Å². The van der Waals surface area contributed by atoms with E-state index in [1.54, 1.807) is 5.38 Å². The van der Waals surface area contributed by atoms with Crippen LogP contribution in [0.1, 0.15) is 72.1 Å². The van der Waals surface area contributed by atoms with Crippen LogP contribution in [0.25, 0.3) is 0 Å². The van der Waals surface area contributed by atoms with Gasteiger partial charge in [0.15, 0.2) is 5.13 Å². The highest BCUT2D eigenvalue weighted by Gasteiger charge is 2.33. The molecular weight excluding hydrogens is 563 g/mol. The molecule has 216 valence electrons. The third-order valence-electron chi connectivity index (χ3n) is 7.35. The fourth-order valence-corrected chi connectivity index (χ4v) is 7.71. The number of likely N-dealkylation sites (tertiary alicyclic amines) is 1. The largest absolute Gasteiger partial charge is 0.444 e. The molecule has 0 bridgehead atoms. The van der Waals surface area contributed by atoms with Crippen LogP contribution in [0.4, 0.5) is 20.0 Å². The Morgan fingerprint density at radius 2 is 1.97 bits per heavy atom. The van der Waals surface area contributed by atoms with Crippen molar-refractivity contribution < 1.29 is 22.3 Å². The highest BCUT2D eigenvalue weighted by atomic mass is 35.5. The first-order chi connectivity index (χ1) is 18.4. The van der Waals surface area contributed by atoms with Crippen LogP contribution in [0, 0.1) is 17.7 Å². The van der Waals surface area contributed by atoms with Crippen LogP contribution in [-0.4, -0.2) is 49.1 Å². The Morgan fingerprint density at radius 3 is 2.69 bits per heavy atom. The Bertz CT molecular complexity index is 1240. The summed E-state index contributed by atoms with van der Waals surface area (Å²) in [6.45, 7) is 7.07. The van der Waals surface area contributed by atoms with E-state index in [2.05, 4.69) is 15.0 Å². The summed E-state index contributed by atoms with van der Waals surface area (Å²) < 4.78 is 47.9. The van der Waals surface area contributed by atoms with Gasteiger partial charge in [0.1, 0.15) is 16.3 Å². The first kappa shape index (κ1) is 29.9. The summed E-state index contributed by atoms with van der Waals surface area (Å²) >= 11 is 7.46. The molecule has 8 nitrogen and oxygen atoms in total. The molecule has 3 atom stereocenters. The second-order valence-electron chi connectivity index (χ2n) is 11.5. The molecular formula is C27H38ClFN4O4S2. The predicted molar refractivity (Wildman–Crippen MR) is 153 cm³/mol. The lowest BCUT2D eigenvalue weighted by atomic mass is 9.78. The zero-order valence-corrected chi connectivity index (χ0v) is 25.1. The maximum absolute atomic E-state index is 14.8. The molecule has 2 heterocycles. The van der Waals surface area contributed by atoms with Gasteiger partial charge in [0.25, 0.3) is 10.0 Å². The van der Waals surface area contributed by atoms with Gasteiger partial charge in [0, 0.05) is 30.7 Å². The van der Waals surface area contributed by atoms with Crippen LogP contribution in [0.3, 0.4) is 0 Å². The molecule has 1 aromatic heterocycles. The molecule has 2 N–H and O–H groups in total. The fourth-order valence-electron chi connectivity index (χ4n) is 5.54. The van der Waals surface area contributed by atoms with Crippen LogP contribution in [-0.2, 0) is 14.8 Å². The van der Waals surface area contributed by atoms with Gasteiger partial charge in [-0.25, -0.2) is 22.6 Å². The number of sulfonamides is 1. The molecule has 39 heavy (non-hydrogen) atoms. The maximum atomic E-state index is 14.8. The SMILES string of the molecule is CC(C)(C)OC(=O)N1CCC[C@H]1CCC1CCCC(CNc2cc(F)c(S(=O)(=O)Nc3nccs3)cc2Cl)C1. The number of anilines is 2. The Morgan fingerprint density at radius 1 is 1.21 bits per heavy atom. The third-order valence-corrected chi connectivity index (χ3v) is 9.84. The topological polar surface area (TPSA) is 101 Å². The van der Waals surface area contributed by atoms with E-state index in [0.29, 0.717) is 24.1 Å². The van der Waals surface area contributed by atoms with Crippen molar-refractivity contribution in [1.82, 2.24) is 9.88 Å². The zero-order valence-electron chi connectivity index (χ0n) is 22.7. The van der Waals surface area contributed by atoms with Gasteiger partial charge in [-0.05, 0) is 83.3 Å². The normalized spacial score (nSPS) is 22.1. The molecule has 1 saturated heterocycles. The minimum Gasteiger partial charge on any atom is -0.444 e. The molecule has 0 spiro atoms. The fraction of sp³-hybridized carbons (Fsp3) is 0.630. The van der Waals surface area contributed by atoms with Gasteiger partial charge in [-0.2, -0.15) is 0 Å². The van der Waals surface area contributed by atoms with E-state index in [1.807, 2.05) is 25.7 Å². The molecule has 1 amide bonds. The van der Waals surface area contributed by atoms with E-state index in [0.717, 1.165) is 75.0 Å². The summed E-state index contributed by atoms with van der Waals surface area (Å²) in [5.41, 5.74) is -0.115. The first-order valence-corrected chi connectivity index (χ1v) is 16.3. The van der Waals surface area contributed by atoms with Gasteiger partial charge in [0.2, 0.25) is 0 Å². The van der Waals surface area contributed by atoms with Gasteiger partial charge in [0.05, 0.1) is 10.7 Å². The van der Waals surface area contributed by atoms with Gasteiger partial charge < -0.3 is 15.0 Å². The summed E-state index contributed by atoms with van der Waals surface area (Å²) in [5, 5.41) is 5.17. The first-order valence-electron chi connectivity index (χ1n) is 13.6. The van der Waals surface area contributed by atoms with Crippen LogP contribution < -0.4 is 10.0 Å². The number of hydrogen-bond donors (Lipinski definition) is 2. The summed E-state index contributed by atoms with van der Waals surface area (Å²) in [5.74, 6) is 0.102. The van der Waals surface area contributed by atoms with Crippen molar-refractivity contribution in [3.05, 3.63) is 34.5 Å². The highest BCUT2D eigenvalue weighted by Crippen LogP contribution is 2.35. The number of ether oxygens (including phenoxy) is 1. The summed E-state index contributed by atoms with van der Waals surface area (Å²) in [7, 11) is -4.15. The molecule has 2 aliphatic rings. The number of amides is 1. The Hall–Kier alpha value is -2.11. The molecule has 1 aliphatic heterocycles. The second kappa shape index (κ2) is 12.6. The number of thiazole rings is 1. The number of nitrogens with zero attached hydrogens (tertiary/aromatic N) is 2. The van der Waals surface area contributed by atoms with Crippen molar-refractivity contribution in [2.45, 2.75) is 88.7 Å². The lowest BCUT2D eigenvalue weighted by Crippen LogP contribution is -2.40. The number of benzene rings is 1. The smallest absolute Gasteiger partial charge is 0.410 e. The number of carbonyl (C=O) groups is 1. The maximum Gasteiger partial charge on any atom is 0.410 e. The number of hydrogen-bond acceptors (Lipinski definition) is 7. The minimum absolute atomic E-state index is 0.145. The van der Waals surface area contributed by atoms with Gasteiger partial charge in [-0.3, -0.25) is 4.72 Å². The average molecular weight is 601 g/mol. The molecule has 4 rings (SSSR count). The number of nitrogens with one attached hydrogen (secondary N) is 2. The Balaban J connectivity index is 1.29. The Labute approximate surface area is 239 Å². The third kappa shape index (κ3) is 8.20. The van der Waals surface area contributed by atoms with Crippen LogP contribution in [0.5, 0.6) is 0 Å². The lowest BCUT2D eigenvalue weighted by molar-refractivity contribution is 0.0213. The molecule has 2 unspecified atom stereocenters.